The number of amides is 1. The summed E-state index contributed by atoms with van der Waals surface area (Å²) in [6, 6.07) is 8.42. The zero-order valence-electron chi connectivity index (χ0n) is 13.2. The second-order valence-corrected chi connectivity index (χ2v) is 7.94. The third-order valence-corrected chi connectivity index (χ3v) is 5.58. The van der Waals surface area contributed by atoms with Crippen LogP contribution in [0.4, 0.5) is 0 Å². The quantitative estimate of drug-likeness (QED) is 0.766. The van der Waals surface area contributed by atoms with Gasteiger partial charge in [-0.3, -0.25) is 4.79 Å². The number of aryl methyl sites for hydroxylation is 1. The van der Waals surface area contributed by atoms with Crippen LogP contribution in [0.5, 0.6) is 11.5 Å². The molecular weight excluding hydrogens is 352 g/mol. The van der Waals surface area contributed by atoms with Crippen LogP contribution in [0.25, 0.3) is 0 Å². The lowest BCUT2D eigenvalue weighted by atomic mass is 10.2. The molecule has 0 atom stereocenters. The summed E-state index contributed by atoms with van der Waals surface area (Å²) in [6.45, 7) is 1.95. The average Bonchev–Trinajstić information content (AvgIpc) is 3.00. The molecule has 1 heterocycles. The normalized spacial score (nSPS) is 11.1. The van der Waals surface area contributed by atoms with Crippen molar-refractivity contribution in [3.05, 3.63) is 40.8 Å². The van der Waals surface area contributed by atoms with E-state index in [1.54, 1.807) is 12.1 Å². The standard InChI is InChI=1S/C15H18N2O5S2/c1-10-3-5-12(13(7-10)21-2)22-9-14(18)17-8-11-4-6-15(23-11)24(16,19)20/h3-7H,8-9H2,1-2H3,(H,17,18)(H2,16,19,20). The van der Waals surface area contributed by atoms with Crippen molar-refractivity contribution in [1.82, 2.24) is 5.32 Å². The minimum atomic E-state index is -3.71. The fraction of sp³-hybridized carbons (Fsp3) is 0.267. The third kappa shape index (κ3) is 4.95. The zero-order valence-corrected chi connectivity index (χ0v) is 14.9. The van der Waals surface area contributed by atoms with E-state index in [9.17, 15) is 13.2 Å². The van der Waals surface area contributed by atoms with Crippen molar-refractivity contribution in [1.29, 1.82) is 0 Å². The molecule has 0 radical (unpaired) electrons. The topological polar surface area (TPSA) is 108 Å². The van der Waals surface area contributed by atoms with E-state index in [1.165, 1.54) is 13.2 Å². The van der Waals surface area contributed by atoms with Gasteiger partial charge in [0, 0.05) is 4.88 Å². The summed E-state index contributed by atoms with van der Waals surface area (Å²) in [7, 11) is -2.18. The van der Waals surface area contributed by atoms with Crippen molar-refractivity contribution < 1.29 is 22.7 Å². The van der Waals surface area contributed by atoms with Gasteiger partial charge in [-0.05, 0) is 36.8 Å². The summed E-state index contributed by atoms with van der Waals surface area (Å²) >= 11 is 1.02. The monoisotopic (exact) mass is 370 g/mol. The van der Waals surface area contributed by atoms with Gasteiger partial charge in [0.1, 0.15) is 4.21 Å². The first-order chi connectivity index (χ1) is 11.3. The van der Waals surface area contributed by atoms with Crippen LogP contribution in [-0.4, -0.2) is 28.0 Å². The molecular formula is C15H18N2O5S2. The van der Waals surface area contributed by atoms with E-state index in [4.69, 9.17) is 14.6 Å². The smallest absolute Gasteiger partial charge is 0.258 e. The first-order valence-electron chi connectivity index (χ1n) is 6.95. The summed E-state index contributed by atoms with van der Waals surface area (Å²) in [5.74, 6) is 0.702. The van der Waals surface area contributed by atoms with Crippen LogP contribution >= 0.6 is 11.3 Å². The Kier molecular flexibility index (Phi) is 5.81. The molecule has 2 aromatic rings. The van der Waals surface area contributed by atoms with Gasteiger partial charge in [-0.15, -0.1) is 11.3 Å². The van der Waals surface area contributed by atoms with Crippen molar-refractivity contribution >= 4 is 27.3 Å². The van der Waals surface area contributed by atoms with E-state index in [-0.39, 0.29) is 23.3 Å². The number of nitrogens with one attached hydrogen (secondary N) is 1. The number of benzene rings is 1. The van der Waals surface area contributed by atoms with Gasteiger partial charge >= 0.3 is 0 Å². The van der Waals surface area contributed by atoms with Crippen molar-refractivity contribution in [2.75, 3.05) is 13.7 Å². The molecule has 1 aromatic carbocycles. The third-order valence-electron chi connectivity index (χ3n) is 3.06. The van der Waals surface area contributed by atoms with Crippen molar-refractivity contribution in [3.63, 3.8) is 0 Å². The maximum absolute atomic E-state index is 11.8. The van der Waals surface area contributed by atoms with Gasteiger partial charge in [0.05, 0.1) is 13.7 Å². The number of carbonyl (C=O) groups is 1. The summed E-state index contributed by atoms with van der Waals surface area (Å²) in [5, 5.41) is 7.69. The lowest BCUT2D eigenvalue weighted by Gasteiger charge is -2.11. The van der Waals surface area contributed by atoms with Crippen LogP contribution in [0.3, 0.4) is 0 Å². The second kappa shape index (κ2) is 7.65. The number of nitrogens with two attached hydrogens (primary N) is 1. The summed E-state index contributed by atoms with van der Waals surface area (Å²) < 4.78 is 33.1. The van der Waals surface area contributed by atoms with E-state index in [0.717, 1.165) is 16.9 Å². The van der Waals surface area contributed by atoms with Crippen molar-refractivity contribution in [3.8, 4) is 11.5 Å². The van der Waals surface area contributed by atoms with Gasteiger partial charge in [-0.25, -0.2) is 13.6 Å². The lowest BCUT2D eigenvalue weighted by molar-refractivity contribution is -0.123. The highest BCUT2D eigenvalue weighted by molar-refractivity contribution is 7.91. The molecule has 0 aliphatic heterocycles. The Morgan fingerprint density at radius 1 is 1.25 bits per heavy atom. The van der Waals surface area contributed by atoms with E-state index in [0.29, 0.717) is 16.4 Å². The Bertz CT molecular complexity index is 830. The predicted octanol–water partition coefficient (Wildman–Crippen LogP) is 1.41. The maximum Gasteiger partial charge on any atom is 0.258 e. The average molecular weight is 370 g/mol. The molecule has 24 heavy (non-hydrogen) atoms. The molecule has 1 aromatic heterocycles. The number of ether oxygens (including phenoxy) is 2. The number of hydrogen-bond acceptors (Lipinski definition) is 6. The number of thiophene rings is 1. The van der Waals surface area contributed by atoms with Crippen LogP contribution < -0.4 is 19.9 Å². The van der Waals surface area contributed by atoms with Crippen LogP contribution in [-0.2, 0) is 21.4 Å². The molecule has 9 heteroatoms. The number of carbonyl (C=O) groups excluding carboxylic acids is 1. The SMILES string of the molecule is COc1cc(C)ccc1OCC(=O)NCc1ccc(S(N)(=O)=O)s1. The fourth-order valence-corrected chi connectivity index (χ4v) is 3.60. The van der Waals surface area contributed by atoms with Gasteiger partial charge in [-0.1, -0.05) is 6.07 Å². The van der Waals surface area contributed by atoms with E-state index in [2.05, 4.69) is 5.32 Å². The molecule has 7 nitrogen and oxygen atoms in total. The molecule has 0 aliphatic rings. The molecule has 0 spiro atoms. The largest absolute Gasteiger partial charge is 0.493 e. The number of sulfonamides is 1. The Labute approximate surface area is 144 Å². The van der Waals surface area contributed by atoms with Gasteiger partial charge in [0.25, 0.3) is 5.91 Å². The highest BCUT2D eigenvalue weighted by Crippen LogP contribution is 2.27. The Morgan fingerprint density at radius 2 is 2.00 bits per heavy atom. The molecule has 0 bridgehead atoms. The molecule has 0 saturated carbocycles. The summed E-state index contributed by atoms with van der Waals surface area (Å²) in [4.78, 5) is 12.5. The molecule has 0 saturated heterocycles. The van der Waals surface area contributed by atoms with Gasteiger partial charge in [-0.2, -0.15) is 0 Å². The molecule has 1 amide bonds. The number of hydrogen-bond donors (Lipinski definition) is 2. The van der Waals surface area contributed by atoms with E-state index < -0.39 is 10.0 Å². The molecule has 130 valence electrons. The van der Waals surface area contributed by atoms with Crippen molar-refractivity contribution in [2.24, 2.45) is 5.14 Å². The van der Waals surface area contributed by atoms with Crippen LogP contribution in [0.15, 0.2) is 34.5 Å². The Hall–Kier alpha value is -2.10. The molecule has 0 aliphatic carbocycles. The minimum Gasteiger partial charge on any atom is -0.493 e. The highest BCUT2D eigenvalue weighted by Gasteiger charge is 2.12. The molecule has 3 N–H and O–H groups in total. The van der Waals surface area contributed by atoms with Crippen molar-refractivity contribution in [2.45, 2.75) is 17.7 Å². The summed E-state index contributed by atoms with van der Waals surface area (Å²) in [5.41, 5.74) is 1.02. The highest BCUT2D eigenvalue weighted by atomic mass is 32.2. The van der Waals surface area contributed by atoms with Crippen LogP contribution in [0, 0.1) is 6.92 Å². The second-order valence-electron chi connectivity index (χ2n) is 4.99. The first kappa shape index (κ1) is 18.2. The van der Waals surface area contributed by atoms with Gasteiger partial charge in [0.2, 0.25) is 10.0 Å². The van der Waals surface area contributed by atoms with E-state index >= 15 is 0 Å². The Balaban J connectivity index is 1.87. The number of rotatable bonds is 7. The first-order valence-corrected chi connectivity index (χ1v) is 9.31. The van der Waals surface area contributed by atoms with Crippen LogP contribution in [0.1, 0.15) is 10.4 Å². The molecule has 0 fully saturated rings. The van der Waals surface area contributed by atoms with Crippen LogP contribution in [0.2, 0.25) is 0 Å². The van der Waals surface area contributed by atoms with E-state index in [1.807, 2.05) is 19.1 Å². The number of primary sulfonamides is 1. The summed E-state index contributed by atoms with van der Waals surface area (Å²) in [6.07, 6.45) is 0. The fourth-order valence-electron chi connectivity index (χ4n) is 1.88. The predicted molar refractivity (Wildman–Crippen MR) is 90.8 cm³/mol. The van der Waals surface area contributed by atoms with Gasteiger partial charge in [0.15, 0.2) is 18.1 Å². The lowest BCUT2D eigenvalue weighted by Crippen LogP contribution is -2.28. The number of methoxy groups -OCH3 is 1. The minimum absolute atomic E-state index is 0.0624. The maximum atomic E-state index is 11.8. The molecule has 0 unspecified atom stereocenters. The zero-order chi connectivity index (χ0) is 17.7. The molecule has 2 rings (SSSR count). The Morgan fingerprint density at radius 3 is 2.62 bits per heavy atom. The van der Waals surface area contributed by atoms with Gasteiger partial charge < -0.3 is 14.8 Å².